The number of hydrogen-bond donors (Lipinski definition) is 1. The highest BCUT2D eigenvalue weighted by Crippen LogP contribution is 2.26. The van der Waals surface area contributed by atoms with E-state index in [2.05, 4.69) is 4.72 Å². The van der Waals surface area contributed by atoms with E-state index in [4.69, 9.17) is 11.6 Å². The molecule has 0 aliphatic rings. The van der Waals surface area contributed by atoms with Gasteiger partial charge < -0.3 is 4.57 Å². The Bertz CT molecular complexity index is 1020. The third kappa shape index (κ3) is 2.63. The number of nitrogens with zero attached hydrogens (tertiary/aromatic N) is 1. The van der Waals surface area contributed by atoms with Crippen molar-refractivity contribution in [2.75, 3.05) is 4.72 Å². The van der Waals surface area contributed by atoms with Crippen LogP contribution in [0, 0.1) is 0 Å². The highest BCUT2D eigenvalue weighted by molar-refractivity contribution is 7.92. The van der Waals surface area contributed by atoms with Crippen LogP contribution in [0.5, 0.6) is 0 Å². The predicted molar refractivity (Wildman–Crippen MR) is 89.3 cm³/mol. The molecule has 1 heterocycles. The molecule has 0 aliphatic heterocycles. The van der Waals surface area contributed by atoms with Crippen LogP contribution >= 0.6 is 22.9 Å². The molecule has 114 valence electrons. The minimum Gasteiger partial charge on any atom is -0.302 e. The average molecular weight is 355 g/mol. The number of nitrogens with one attached hydrogen (secondary N) is 1. The van der Waals surface area contributed by atoms with E-state index in [0.717, 1.165) is 11.3 Å². The quantitative estimate of drug-likeness (QED) is 0.786. The normalized spacial score (nSPS) is 11.7. The van der Waals surface area contributed by atoms with Crippen LogP contribution in [0.15, 0.2) is 52.2 Å². The SMILES string of the molecule is Cn1c(=O)sc2cc(S(=O)(=O)Nc3ccccc3Cl)ccc21. The van der Waals surface area contributed by atoms with Crippen LogP contribution in [0.25, 0.3) is 10.2 Å². The van der Waals surface area contributed by atoms with Crippen LogP contribution in [0.3, 0.4) is 0 Å². The van der Waals surface area contributed by atoms with E-state index in [1.54, 1.807) is 37.4 Å². The van der Waals surface area contributed by atoms with Crippen LogP contribution in [-0.2, 0) is 17.1 Å². The molecule has 1 aromatic heterocycles. The number of sulfonamides is 1. The third-order valence-corrected chi connectivity index (χ3v) is 5.88. The minimum atomic E-state index is -3.77. The summed E-state index contributed by atoms with van der Waals surface area (Å²) in [6.45, 7) is 0. The molecule has 22 heavy (non-hydrogen) atoms. The maximum Gasteiger partial charge on any atom is 0.307 e. The molecule has 0 radical (unpaired) electrons. The zero-order chi connectivity index (χ0) is 15.9. The van der Waals surface area contributed by atoms with Gasteiger partial charge >= 0.3 is 4.87 Å². The lowest BCUT2D eigenvalue weighted by Gasteiger charge is -2.09. The van der Waals surface area contributed by atoms with Crippen LogP contribution < -0.4 is 9.60 Å². The number of thiazole rings is 1. The molecule has 3 rings (SSSR count). The first-order chi connectivity index (χ1) is 10.4. The summed E-state index contributed by atoms with van der Waals surface area (Å²) in [5.41, 5.74) is 1.01. The molecule has 0 bridgehead atoms. The van der Waals surface area contributed by atoms with Gasteiger partial charge in [0.15, 0.2) is 0 Å². The molecule has 0 spiro atoms. The summed E-state index contributed by atoms with van der Waals surface area (Å²) in [5.74, 6) is 0. The molecule has 2 aromatic carbocycles. The third-order valence-electron chi connectivity index (χ3n) is 3.19. The molecule has 1 N–H and O–H groups in total. The van der Waals surface area contributed by atoms with E-state index in [0.29, 0.717) is 20.9 Å². The highest BCUT2D eigenvalue weighted by Gasteiger charge is 2.17. The van der Waals surface area contributed by atoms with Crippen molar-refractivity contribution in [3.8, 4) is 0 Å². The van der Waals surface area contributed by atoms with Gasteiger partial charge in [0.25, 0.3) is 10.0 Å². The van der Waals surface area contributed by atoms with Gasteiger partial charge in [-0.2, -0.15) is 0 Å². The minimum absolute atomic E-state index is 0.0850. The van der Waals surface area contributed by atoms with E-state index >= 15 is 0 Å². The van der Waals surface area contributed by atoms with Crippen molar-refractivity contribution in [1.82, 2.24) is 4.57 Å². The Morgan fingerprint density at radius 3 is 2.64 bits per heavy atom. The second-order valence-electron chi connectivity index (χ2n) is 4.64. The summed E-state index contributed by atoms with van der Waals surface area (Å²) >= 11 is 6.97. The van der Waals surface area contributed by atoms with Crippen LogP contribution in [0.2, 0.25) is 5.02 Å². The average Bonchev–Trinajstić information content (AvgIpc) is 2.76. The van der Waals surface area contributed by atoms with E-state index in [9.17, 15) is 13.2 Å². The second kappa shape index (κ2) is 5.42. The molecule has 0 fully saturated rings. The van der Waals surface area contributed by atoms with Gasteiger partial charge in [-0.1, -0.05) is 35.1 Å². The van der Waals surface area contributed by atoms with Crippen LogP contribution in [-0.4, -0.2) is 13.0 Å². The molecule has 0 unspecified atom stereocenters. The Morgan fingerprint density at radius 2 is 1.91 bits per heavy atom. The van der Waals surface area contributed by atoms with Crippen molar-refractivity contribution >= 4 is 48.9 Å². The number of rotatable bonds is 3. The molecule has 3 aromatic rings. The van der Waals surface area contributed by atoms with Crippen molar-refractivity contribution in [2.45, 2.75) is 4.90 Å². The molecule has 5 nitrogen and oxygen atoms in total. The monoisotopic (exact) mass is 354 g/mol. The largest absolute Gasteiger partial charge is 0.307 e. The number of para-hydroxylation sites is 1. The van der Waals surface area contributed by atoms with Gasteiger partial charge in [-0.3, -0.25) is 9.52 Å². The molecule has 0 amide bonds. The fourth-order valence-corrected chi connectivity index (χ4v) is 4.37. The smallest absolute Gasteiger partial charge is 0.302 e. The van der Waals surface area contributed by atoms with Crippen LogP contribution in [0.1, 0.15) is 0 Å². The lowest BCUT2D eigenvalue weighted by Crippen LogP contribution is -2.13. The number of benzene rings is 2. The van der Waals surface area contributed by atoms with Crippen molar-refractivity contribution in [3.05, 3.63) is 57.2 Å². The number of fused-ring (bicyclic) bond motifs is 1. The van der Waals surface area contributed by atoms with Gasteiger partial charge in [0, 0.05) is 7.05 Å². The zero-order valence-electron chi connectivity index (χ0n) is 11.4. The van der Waals surface area contributed by atoms with Gasteiger partial charge in [0.2, 0.25) is 0 Å². The molecule has 8 heteroatoms. The molecule has 0 saturated heterocycles. The first kappa shape index (κ1) is 15.1. The lowest BCUT2D eigenvalue weighted by atomic mass is 10.3. The number of halogens is 1. The zero-order valence-corrected chi connectivity index (χ0v) is 13.8. The van der Waals surface area contributed by atoms with Gasteiger partial charge in [-0.15, -0.1) is 0 Å². The fourth-order valence-electron chi connectivity index (χ4n) is 2.03. The Kier molecular flexibility index (Phi) is 3.72. The molecule has 0 aliphatic carbocycles. The summed E-state index contributed by atoms with van der Waals surface area (Å²) in [6.07, 6.45) is 0. The first-order valence-electron chi connectivity index (χ1n) is 6.25. The summed E-state index contributed by atoms with van der Waals surface area (Å²) in [5, 5.41) is 0.316. The van der Waals surface area contributed by atoms with E-state index in [1.165, 1.54) is 16.7 Å². The van der Waals surface area contributed by atoms with E-state index < -0.39 is 10.0 Å². The Labute approximate surface area is 135 Å². The Hall–Kier alpha value is -1.83. The predicted octanol–water partition coefficient (Wildman–Crippen LogP) is 3.05. The maximum absolute atomic E-state index is 12.4. The summed E-state index contributed by atoms with van der Waals surface area (Å²) in [4.78, 5) is 11.6. The van der Waals surface area contributed by atoms with Gasteiger partial charge in [0.05, 0.1) is 25.8 Å². The number of hydrogen-bond acceptors (Lipinski definition) is 4. The number of aryl methyl sites for hydroxylation is 1. The summed E-state index contributed by atoms with van der Waals surface area (Å²) < 4.78 is 29.4. The lowest BCUT2D eigenvalue weighted by molar-refractivity contribution is 0.601. The second-order valence-corrected chi connectivity index (χ2v) is 7.72. The molecule has 0 atom stereocenters. The van der Waals surface area contributed by atoms with Crippen molar-refractivity contribution in [3.63, 3.8) is 0 Å². The topological polar surface area (TPSA) is 68.2 Å². The molecular formula is C14H11ClN2O3S2. The Balaban J connectivity index is 2.06. The molecule has 0 saturated carbocycles. The maximum atomic E-state index is 12.4. The molecular weight excluding hydrogens is 344 g/mol. The highest BCUT2D eigenvalue weighted by atomic mass is 35.5. The van der Waals surface area contributed by atoms with E-state index in [1.807, 2.05) is 0 Å². The van der Waals surface area contributed by atoms with E-state index in [-0.39, 0.29) is 9.77 Å². The number of aromatic nitrogens is 1. The van der Waals surface area contributed by atoms with Crippen molar-refractivity contribution in [2.24, 2.45) is 7.05 Å². The van der Waals surface area contributed by atoms with Crippen molar-refractivity contribution < 1.29 is 8.42 Å². The summed E-state index contributed by atoms with van der Waals surface area (Å²) in [7, 11) is -2.12. The van der Waals surface area contributed by atoms with Crippen LogP contribution in [0.4, 0.5) is 5.69 Å². The number of anilines is 1. The van der Waals surface area contributed by atoms with Gasteiger partial charge in [-0.25, -0.2) is 8.42 Å². The summed E-state index contributed by atoms with van der Waals surface area (Å²) in [6, 6.07) is 11.2. The van der Waals surface area contributed by atoms with Crippen molar-refractivity contribution in [1.29, 1.82) is 0 Å². The Morgan fingerprint density at radius 1 is 1.18 bits per heavy atom. The van der Waals surface area contributed by atoms with Gasteiger partial charge in [-0.05, 0) is 30.3 Å². The first-order valence-corrected chi connectivity index (χ1v) is 8.93. The van der Waals surface area contributed by atoms with Gasteiger partial charge in [0.1, 0.15) is 0 Å². The standard InChI is InChI=1S/C14H11ClN2O3S2/c1-17-12-7-6-9(8-13(12)21-14(17)18)22(19,20)16-11-5-3-2-4-10(11)15/h2-8,16H,1H3. The fraction of sp³-hybridized carbons (Fsp3) is 0.0714.